The van der Waals surface area contributed by atoms with Gasteiger partial charge in [-0.3, -0.25) is 4.79 Å². The molecular formula is C17H20FNO3. The van der Waals surface area contributed by atoms with Crippen molar-refractivity contribution in [2.45, 2.75) is 38.5 Å². The Kier molecular flexibility index (Phi) is 3.67. The fourth-order valence-corrected chi connectivity index (χ4v) is 3.23. The summed E-state index contributed by atoms with van der Waals surface area (Å²) in [4.78, 5) is 25.3. The van der Waals surface area contributed by atoms with Gasteiger partial charge < -0.3 is 10.0 Å². The van der Waals surface area contributed by atoms with E-state index in [1.807, 2.05) is 11.8 Å². The third-order valence-electron chi connectivity index (χ3n) is 4.92. The highest BCUT2D eigenvalue weighted by Gasteiger charge is 2.47. The second-order valence-electron chi connectivity index (χ2n) is 6.66. The van der Waals surface area contributed by atoms with Gasteiger partial charge in [0, 0.05) is 24.4 Å². The van der Waals surface area contributed by atoms with Gasteiger partial charge in [-0.05, 0) is 37.3 Å². The molecule has 1 atom stereocenters. The maximum Gasteiger partial charge on any atom is 0.338 e. The predicted octanol–water partition coefficient (Wildman–Crippen LogP) is 3.03. The Bertz CT molecular complexity index is 624. The predicted molar refractivity (Wildman–Crippen MR) is 79.3 cm³/mol. The molecule has 1 saturated carbocycles. The Morgan fingerprint density at radius 3 is 2.73 bits per heavy atom. The van der Waals surface area contributed by atoms with E-state index in [2.05, 4.69) is 0 Å². The summed E-state index contributed by atoms with van der Waals surface area (Å²) in [5, 5.41) is 9.04. The molecule has 0 bridgehead atoms. The first-order chi connectivity index (χ1) is 10.4. The van der Waals surface area contributed by atoms with Crippen LogP contribution < -0.4 is 0 Å². The molecule has 1 heterocycles. The minimum Gasteiger partial charge on any atom is -0.478 e. The first-order valence-corrected chi connectivity index (χ1v) is 7.73. The molecule has 5 heteroatoms. The monoisotopic (exact) mass is 305 g/mol. The van der Waals surface area contributed by atoms with Crippen LogP contribution in [0.2, 0.25) is 0 Å². The molecular weight excluding hydrogens is 285 g/mol. The van der Waals surface area contributed by atoms with Crippen LogP contribution in [0.25, 0.3) is 0 Å². The number of hydrogen-bond acceptors (Lipinski definition) is 2. The van der Waals surface area contributed by atoms with Crippen LogP contribution in [0.5, 0.6) is 0 Å². The van der Waals surface area contributed by atoms with Crippen molar-refractivity contribution in [3.05, 3.63) is 35.1 Å². The fourth-order valence-electron chi connectivity index (χ4n) is 3.23. The molecule has 3 rings (SSSR count). The molecule has 1 saturated heterocycles. The number of carbonyl (C=O) groups is 2. The van der Waals surface area contributed by atoms with E-state index in [0.717, 1.165) is 25.7 Å². The number of rotatable bonds is 3. The van der Waals surface area contributed by atoms with Gasteiger partial charge in [0.2, 0.25) is 5.91 Å². The lowest BCUT2D eigenvalue weighted by atomic mass is 9.88. The molecule has 1 amide bonds. The zero-order valence-electron chi connectivity index (χ0n) is 12.6. The standard InChI is InChI=1S/C17H20FNO3/c1-17(7-8-17)16(22)19-9-3-4-11(10-19)12-5-2-6-13(14(12)18)15(20)21/h2,5-6,11H,3-4,7-10H2,1H3,(H,20,21). The highest BCUT2D eigenvalue weighted by molar-refractivity contribution is 5.88. The first kappa shape index (κ1) is 15.0. The highest BCUT2D eigenvalue weighted by Crippen LogP contribution is 2.47. The van der Waals surface area contributed by atoms with Gasteiger partial charge in [-0.25, -0.2) is 9.18 Å². The molecule has 1 aliphatic heterocycles. The van der Waals surface area contributed by atoms with Crippen LogP contribution in [0, 0.1) is 11.2 Å². The van der Waals surface area contributed by atoms with Crippen molar-refractivity contribution in [1.29, 1.82) is 0 Å². The van der Waals surface area contributed by atoms with Crippen molar-refractivity contribution in [2.75, 3.05) is 13.1 Å². The van der Waals surface area contributed by atoms with E-state index in [1.165, 1.54) is 6.07 Å². The topological polar surface area (TPSA) is 57.6 Å². The molecule has 1 aromatic carbocycles. The van der Waals surface area contributed by atoms with Crippen LogP contribution in [0.15, 0.2) is 18.2 Å². The molecule has 1 unspecified atom stereocenters. The Balaban J connectivity index is 1.82. The largest absolute Gasteiger partial charge is 0.478 e. The van der Waals surface area contributed by atoms with Crippen molar-refractivity contribution in [1.82, 2.24) is 4.90 Å². The van der Waals surface area contributed by atoms with E-state index in [1.54, 1.807) is 12.1 Å². The Morgan fingerprint density at radius 2 is 2.09 bits per heavy atom. The lowest BCUT2D eigenvalue weighted by Crippen LogP contribution is -2.42. The second kappa shape index (κ2) is 5.38. The summed E-state index contributed by atoms with van der Waals surface area (Å²) in [7, 11) is 0. The van der Waals surface area contributed by atoms with Gasteiger partial charge in [0.1, 0.15) is 5.82 Å². The van der Waals surface area contributed by atoms with E-state index < -0.39 is 11.8 Å². The van der Waals surface area contributed by atoms with Crippen molar-refractivity contribution in [3.8, 4) is 0 Å². The Labute approximate surface area is 128 Å². The third-order valence-corrected chi connectivity index (χ3v) is 4.92. The molecule has 0 spiro atoms. The molecule has 1 N–H and O–H groups in total. The maximum absolute atomic E-state index is 14.4. The summed E-state index contributed by atoms with van der Waals surface area (Å²) in [6.07, 6.45) is 3.45. The molecule has 22 heavy (non-hydrogen) atoms. The van der Waals surface area contributed by atoms with Crippen LogP contribution in [0.1, 0.15) is 54.4 Å². The van der Waals surface area contributed by atoms with Crippen LogP contribution in [-0.4, -0.2) is 35.0 Å². The van der Waals surface area contributed by atoms with Crippen molar-refractivity contribution < 1.29 is 19.1 Å². The molecule has 0 aromatic heterocycles. The number of likely N-dealkylation sites (tertiary alicyclic amines) is 1. The van der Waals surface area contributed by atoms with Gasteiger partial charge in [0.25, 0.3) is 0 Å². The summed E-state index contributed by atoms with van der Waals surface area (Å²) in [5.74, 6) is -1.88. The first-order valence-electron chi connectivity index (χ1n) is 7.73. The van der Waals surface area contributed by atoms with Gasteiger partial charge in [0.05, 0.1) is 5.56 Å². The van der Waals surface area contributed by atoms with Crippen LogP contribution in [0.4, 0.5) is 4.39 Å². The number of aromatic carboxylic acids is 1. The number of piperidine rings is 1. The average Bonchev–Trinajstić information content (AvgIpc) is 3.25. The SMILES string of the molecule is CC1(C(=O)N2CCCC(c3cccc(C(=O)O)c3F)C2)CC1. The number of benzene rings is 1. The number of carboxylic acid groups (broad SMARTS) is 1. The number of amides is 1. The van der Waals surface area contributed by atoms with Crippen molar-refractivity contribution in [2.24, 2.45) is 5.41 Å². The van der Waals surface area contributed by atoms with Gasteiger partial charge in [0.15, 0.2) is 0 Å². The van der Waals surface area contributed by atoms with Crippen molar-refractivity contribution >= 4 is 11.9 Å². The number of nitrogens with zero attached hydrogens (tertiary/aromatic N) is 1. The van der Waals surface area contributed by atoms with E-state index in [9.17, 15) is 14.0 Å². The number of carboxylic acids is 1. The van der Waals surface area contributed by atoms with Gasteiger partial charge >= 0.3 is 5.97 Å². The van der Waals surface area contributed by atoms with Gasteiger partial charge in [-0.2, -0.15) is 0 Å². The minimum atomic E-state index is -1.26. The van der Waals surface area contributed by atoms with Gasteiger partial charge in [-0.15, -0.1) is 0 Å². The maximum atomic E-state index is 14.4. The lowest BCUT2D eigenvalue weighted by molar-refractivity contribution is -0.137. The summed E-state index contributed by atoms with van der Waals surface area (Å²) in [6, 6.07) is 4.49. The quantitative estimate of drug-likeness (QED) is 0.934. The molecule has 2 fully saturated rings. The summed E-state index contributed by atoms with van der Waals surface area (Å²) < 4.78 is 14.4. The van der Waals surface area contributed by atoms with E-state index >= 15 is 0 Å². The summed E-state index contributed by atoms with van der Waals surface area (Å²) in [5.41, 5.74) is -0.1000. The van der Waals surface area contributed by atoms with Crippen LogP contribution >= 0.6 is 0 Å². The molecule has 0 radical (unpaired) electrons. The normalized spacial score (nSPS) is 23.2. The van der Waals surface area contributed by atoms with Crippen molar-refractivity contribution in [3.63, 3.8) is 0 Å². The summed E-state index contributed by atoms with van der Waals surface area (Å²) >= 11 is 0. The molecule has 4 nitrogen and oxygen atoms in total. The second-order valence-corrected chi connectivity index (χ2v) is 6.66. The minimum absolute atomic E-state index is 0.126. The highest BCUT2D eigenvalue weighted by atomic mass is 19.1. The smallest absolute Gasteiger partial charge is 0.338 e. The zero-order chi connectivity index (χ0) is 15.9. The average molecular weight is 305 g/mol. The molecule has 118 valence electrons. The van der Waals surface area contributed by atoms with E-state index in [0.29, 0.717) is 18.7 Å². The summed E-state index contributed by atoms with van der Waals surface area (Å²) in [6.45, 7) is 3.17. The van der Waals surface area contributed by atoms with Crippen LogP contribution in [-0.2, 0) is 4.79 Å². The Hall–Kier alpha value is -1.91. The van der Waals surface area contributed by atoms with Gasteiger partial charge in [-0.1, -0.05) is 19.1 Å². The lowest BCUT2D eigenvalue weighted by Gasteiger charge is -2.35. The van der Waals surface area contributed by atoms with Crippen LogP contribution in [0.3, 0.4) is 0 Å². The fraction of sp³-hybridized carbons (Fsp3) is 0.529. The zero-order valence-corrected chi connectivity index (χ0v) is 12.6. The van der Waals surface area contributed by atoms with E-state index in [-0.39, 0.29) is 22.8 Å². The van der Waals surface area contributed by atoms with E-state index in [4.69, 9.17) is 5.11 Å². The molecule has 1 aromatic rings. The third kappa shape index (κ3) is 2.60. The molecule has 1 aliphatic carbocycles. The molecule has 2 aliphatic rings. The number of carbonyl (C=O) groups excluding carboxylic acids is 1. The number of halogens is 1. The Morgan fingerprint density at radius 1 is 1.36 bits per heavy atom. The number of hydrogen-bond donors (Lipinski definition) is 1.